The van der Waals surface area contributed by atoms with Crippen LogP contribution in [0.25, 0.3) is 5.52 Å². The fourth-order valence-electron chi connectivity index (χ4n) is 4.20. The highest BCUT2D eigenvalue weighted by Crippen LogP contribution is 2.44. The molecule has 2 fully saturated rings. The molecule has 1 saturated heterocycles. The van der Waals surface area contributed by atoms with Gasteiger partial charge in [-0.05, 0) is 36.5 Å². The smallest absolute Gasteiger partial charge is 0.368 e. The number of nitrogens with zero attached hydrogens (tertiary/aromatic N) is 3. The zero-order valence-electron chi connectivity index (χ0n) is 16.4. The van der Waals surface area contributed by atoms with Gasteiger partial charge in [-0.3, -0.25) is 18.9 Å². The number of primary amides is 1. The molecule has 1 saturated carbocycles. The highest BCUT2D eigenvalue weighted by Gasteiger charge is 2.59. The number of alkyl halides is 3. The number of pyridine rings is 1. The number of amides is 4. The van der Waals surface area contributed by atoms with E-state index in [0.29, 0.717) is 18.4 Å². The second-order valence-corrected chi connectivity index (χ2v) is 7.66. The number of hydrogen-bond donors (Lipinski definition) is 3. The van der Waals surface area contributed by atoms with Crippen molar-refractivity contribution >= 4 is 29.2 Å². The lowest BCUT2D eigenvalue weighted by molar-refractivity contribution is -0.137. The van der Waals surface area contributed by atoms with Crippen LogP contribution >= 0.6 is 0 Å². The molecule has 3 heterocycles. The quantitative estimate of drug-likeness (QED) is 0.632. The fourth-order valence-corrected chi connectivity index (χ4v) is 4.20. The van der Waals surface area contributed by atoms with E-state index < -0.39 is 41.7 Å². The van der Waals surface area contributed by atoms with Gasteiger partial charge < -0.3 is 16.4 Å². The SMILES string of the molecule is CC1CC/C(=C\Nc2cc(C(F)(F)F)cc3cncn23)C12NC(=O)N(CC(N)=O)C2=O. The number of rotatable bonds is 4. The molecule has 0 radical (unpaired) electrons. The summed E-state index contributed by atoms with van der Waals surface area (Å²) in [6.45, 7) is 1.23. The Morgan fingerprint density at radius 1 is 1.42 bits per heavy atom. The van der Waals surface area contributed by atoms with Crippen molar-refractivity contribution in [2.24, 2.45) is 11.7 Å². The number of nitrogens with two attached hydrogens (primary N) is 1. The summed E-state index contributed by atoms with van der Waals surface area (Å²) in [5.74, 6) is -1.63. The number of halogens is 3. The normalized spacial score (nSPS) is 25.1. The van der Waals surface area contributed by atoms with Crippen molar-refractivity contribution in [3.63, 3.8) is 0 Å². The third kappa shape index (κ3) is 3.27. The molecule has 4 N–H and O–H groups in total. The van der Waals surface area contributed by atoms with Crippen molar-refractivity contribution in [3.05, 3.63) is 42.0 Å². The van der Waals surface area contributed by atoms with Gasteiger partial charge >= 0.3 is 12.2 Å². The molecule has 2 aromatic rings. The molecule has 0 bridgehead atoms. The Labute approximate surface area is 174 Å². The van der Waals surface area contributed by atoms with E-state index in [2.05, 4.69) is 15.6 Å². The molecule has 2 atom stereocenters. The molecule has 31 heavy (non-hydrogen) atoms. The number of carbonyl (C=O) groups excluding carboxylic acids is 3. The van der Waals surface area contributed by atoms with Gasteiger partial charge in [-0.2, -0.15) is 13.2 Å². The maximum absolute atomic E-state index is 13.3. The lowest BCUT2D eigenvalue weighted by atomic mass is 9.85. The predicted octanol–water partition coefficient (Wildman–Crippen LogP) is 1.85. The molecule has 12 heteroatoms. The number of nitrogens with one attached hydrogen (secondary N) is 2. The number of carbonyl (C=O) groups is 3. The first-order valence-electron chi connectivity index (χ1n) is 9.46. The Balaban J connectivity index is 1.71. The third-order valence-corrected chi connectivity index (χ3v) is 5.78. The molecule has 164 valence electrons. The van der Waals surface area contributed by atoms with Crippen molar-refractivity contribution in [2.75, 3.05) is 11.9 Å². The molecule has 1 spiro atoms. The largest absolute Gasteiger partial charge is 0.416 e. The number of fused-ring (bicyclic) bond motifs is 1. The number of aromatic nitrogens is 2. The standard InChI is InChI=1S/C19H19F3N6O3/c1-10-2-3-11(18(10)16(30)27(8-14(23)29)17(31)26-18)6-25-15-5-12(19(20,21)22)4-13-7-24-9-28(13)15/h4-7,9-10,25H,2-3,8H2,1H3,(H2,23,29)(H,26,31)/b11-6+. The summed E-state index contributed by atoms with van der Waals surface area (Å²) in [6.07, 6.45) is 0.535. The molecule has 2 unspecified atom stereocenters. The summed E-state index contributed by atoms with van der Waals surface area (Å²) < 4.78 is 41.2. The molecule has 2 aromatic heterocycles. The minimum Gasteiger partial charge on any atom is -0.368 e. The summed E-state index contributed by atoms with van der Waals surface area (Å²) in [5, 5.41) is 5.50. The van der Waals surface area contributed by atoms with E-state index in [4.69, 9.17) is 5.73 Å². The Hall–Kier alpha value is -3.57. The average molecular weight is 436 g/mol. The van der Waals surface area contributed by atoms with Crippen LogP contribution in [0.2, 0.25) is 0 Å². The van der Waals surface area contributed by atoms with Gasteiger partial charge in [-0.25, -0.2) is 9.78 Å². The molecular weight excluding hydrogens is 417 g/mol. The average Bonchev–Trinajstić information content (AvgIpc) is 3.34. The van der Waals surface area contributed by atoms with Crippen LogP contribution in [-0.2, 0) is 15.8 Å². The van der Waals surface area contributed by atoms with E-state index in [-0.39, 0.29) is 17.3 Å². The van der Waals surface area contributed by atoms with Gasteiger partial charge in [0, 0.05) is 6.20 Å². The van der Waals surface area contributed by atoms with Crippen molar-refractivity contribution in [3.8, 4) is 0 Å². The van der Waals surface area contributed by atoms with Crippen molar-refractivity contribution in [1.29, 1.82) is 0 Å². The molecule has 2 aliphatic rings. The third-order valence-electron chi connectivity index (χ3n) is 5.78. The Kier molecular flexibility index (Phi) is 4.67. The Morgan fingerprint density at radius 3 is 2.84 bits per heavy atom. The molecule has 4 amide bonds. The van der Waals surface area contributed by atoms with Crippen LogP contribution in [0.4, 0.5) is 23.8 Å². The van der Waals surface area contributed by atoms with Gasteiger partial charge in [0.2, 0.25) is 5.91 Å². The van der Waals surface area contributed by atoms with E-state index in [9.17, 15) is 27.6 Å². The molecule has 1 aliphatic heterocycles. The van der Waals surface area contributed by atoms with E-state index in [0.717, 1.165) is 17.0 Å². The van der Waals surface area contributed by atoms with Crippen molar-refractivity contribution in [2.45, 2.75) is 31.5 Å². The lowest BCUT2D eigenvalue weighted by Gasteiger charge is -2.28. The molecule has 9 nitrogen and oxygen atoms in total. The number of urea groups is 1. The minimum atomic E-state index is -4.55. The Bertz CT molecular complexity index is 1120. The van der Waals surface area contributed by atoms with Gasteiger partial charge in [-0.15, -0.1) is 0 Å². The first kappa shape index (κ1) is 20.7. The summed E-state index contributed by atoms with van der Waals surface area (Å²) in [7, 11) is 0. The van der Waals surface area contributed by atoms with Crippen LogP contribution in [0, 0.1) is 5.92 Å². The zero-order chi connectivity index (χ0) is 22.6. The summed E-state index contributed by atoms with van der Waals surface area (Å²) in [6, 6.07) is 1.18. The van der Waals surface area contributed by atoms with E-state index in [1.807, 2.05) is 0 Å². The molecular formula is C19H19F3N6O3. The highest BCUT2D eigenvalue weighted by molar-refractivity contribution is 6.11. The van der Waals surface area contributed by atoms with Crippen LogP contribution in [0.3, 0.4) is 0 Å². The molecule has 0 aromatic carbocycles. The summed E-state index contributed by atoms with van der Waals surface area (Å²) >= 11 is 0. The van der Waals surface area contributed by atoms with E-state index in [1.165, 1.54) is 23.1 Å². The number of imidazole rings is 1. The van der Waals surface area contributed by atoms with E-state index in [1.54, 1.807) is 6.92 Å². The summed E-state index contributed by atoms with van der Waals surface area (Å²) in [5.41, 5.74) is 3.64. The van der Waals surface area contributed by atoms with Crippen LogP contribution in [-0.4, -0.2) is 44.2 Å². The Morgan fingerprint density at radius 2 is 2.16 bits per heavy atom. The van der Waals surface area contributed by atoms with Crippen LogP contribution in [0.5, 0.6) is 0 Å². The number of anilines is 1. The maximum atomic E-state index is 13.3. The van der Waals surface area contributed by atoms with Crippen LogP contribution < -0.4 is 16.4 Å². The topological polar surface area (TPSA) is 122 Å². The lowest BCUT2D eigenvalue weighted by Crippen LogP contribution is -2.51. The van der Waals surface area contributed by atoms with Crippen molar-refractivity contribution in [1.82, 2.24) is 19.6 Å². The second-order valence-electron chi connectivity index (χ2n) is 7.66. The van der Waals surface area contributed by atoms with Crippen LogP contribution in [0.15, 0.2) is 36.4 Å². The van der Waals surface area contributed by atoms with E-state index >= 15 is 0 Å². The number of hydrogen-bond acceptors (Lipinski definition) is 5. The first-order chi connectivity index (χ1) is 14.5. The van der Waals surface area contributed by atoms with Gasteiger partial charge in [0.05, 0.1) is 17.3 Å². The van der Waals surface area contributed by atoms with Gasteiger partial charge in [0.15, 0.2) is 0 Å². The van der Waals surface area contributed by atoms with Gasteiger partial charge in [0.25, 0.3) is 5.91 Å². The first-order valence-corrected chi connectivity index (χ1v) is 9.46. The monoisotopic (exact) mass is 436 g/mol. The number of imide groups is 1. The van der Waals surface area contributed by atoms with Gasteiger partial charge in [-0.1, -0.05) is 6.92 Å². The molecule has 4 rings (SSSR count). The maximum Gasteiger partial charge on any atom is 0.416 e. The minimum absolute atomic E-state index is 0.0929. The van der Waals surface area contributed by atoms with Gasteiger partial charge in [0.1, 0.15) is 24.2 Å². The summed E-state index contributed by atoms with van der Waals surface area (Å²) in [4.78, 5) is 41.3. The fraction of sp³-hybridized carbons (Fsp3) is 0.368. The molecule has 1 aliphatic carbocycles. The zero-order valence-corrected chi connectivity index (χ0v) is 16.4. The predicted molar refractivity (Wildman–Crippen MR) is 102 cm³/mol. The van der Waals surface area contributed by atoms with Crippen molar-refractivity contribution < 1.29 is 27.6 Å². The highest BCUT2D eigenvalue weighted by atomic mass is 19.4. The van der Waals surface area contributed by atoms with Crippen LogP contribution in [0.1, 0.15) is 25.3 Å². The second kappa shape index (κ2) is 7.00.